The van der Waals surface area contributed by atoms with Crippen LogP contribution in [0, 0.1) is 0 Å². The second-order valence-electron chi connectivity index (χ2n) is 5.83. The van der Waals surface area contributed by atoms with E-state index in [0.717, 1.165) is 23.8 Å². The van der Waals surface area contributed by atoms with E-state index in [4.69, 9.17) is 4.18 Å². The van der Waals surface area contributed by atoms with Gasteiger partial charge >= 0.3 is 16.3 Å². The lowest BCUT2D eigenvalue weighted by Gasteiger charge is -2.10. The van der Waals surface area contributed by atoms with Crippen molar-refractivity contribution in [2.75, 3.05) is 0 Å². The second kappa shape index (κ2) is 7.90. The van der Waals surface area contributed by atoms with Crippen LogP contribution in [0.4, 0.5) is 13.2 Å². The van der Waals surface area contributed by atoms with Gasteiger partial charge in [0.2, 0.25) is 0 Å². The molecule has 0 unspecified atom stereocenters. The van der Waals surface area contributed by atoms with Crippen LogP contribution in [0.1, 0.15) is 30.0 Å². The number of benzene rings is 2. The number of alkyl halides is 3. The Morgan fingerprint density at radius 2 is 1.69 bits per heavy atom. The first-order valence-electron chi connectivity index (χ1n) is 7.72. The third kappa shape index (κ3) is 6.18. The SMILES string of the molecule is CC(=O)CCc1ccc(OS(=O)(=O)Cc2cccc(C(F)(F)F)c2)cc1. The highest BCUT2D eigenvalue weighted by atomic mass is 32.2. The fourth-order valence-corrected chi connectivity index (χ4v) is 3.30. The standard InChI is InChI=1S/C18H17F3O4S/c1-13(22)5-6-14-7-9-17(10-8-14)25-26(23,24)12-15-3-2-4-16(11-15)18(19,20)21/h2-4,7-11H,5-6,12H2,1H3. The van der Waals surface area contributed by atoms with Crippen LogP contribution in [-0.2, 0) is 33.3 Å². The van der Waals surface area contributed by atoms with Gasteiger partial charge in [-0.1, -0.05) is 30.3 Å². The first-order chi connectivity index (χ1) is 12.0. The van der Waals surface area contributed by atoms with Gasteiger partial charge in [0.15, 0.2) is 0 Å². The van der Waals surface area contributed by atoms with E-state index in [1.807, 2.05) is 0 Å². The third-order valence-corrected chi connectivity index (χ3v) is 4.64. The van der Waals surface area contributed by atoms with E-state index >= 15 is 0 Å². The van der Waals surface area contributed by atoms with Crippen LogP contribution in [0.15, 0.2) is 48.5 Å². The predicted octanol–water partition coefficient (Wildman–Crippen LogP) is 4.14. The van der Waals surface area contributed by atoms with Crippen LogP contribution in [0.5, 0.6) is 5.75 Å². The van der Waals surface area contributed by atoms with Crippen molar-refractivity contribution in [1.29, 1.82) is 0 Å². The van der Waals surface area contributed by atoms with Crippen LogP contribution in [-0.4, -0.2) is 14.2 Å². The number of Topliss-reactive ketones (excluding diaryl/α,β-unsaturated/α-hetero) is 1. The van der Waals surface area contributed by atoms with Crippen molar-refractivity contribution < 1.29 is 30.6 Å². The monoisotopic (exact) mass is 386 g/mol. The number of rotatable bonds is 7. The van der Waals surface area contributed by atoms with Crippen LogP contribution in [0.25, 0.3) is 0 Å². The molecule has 4 nitrogen and oxygen atoms in total. The Kier molecular flexibility index (Phi) is 6.07. The summed E-state index contributed by atoms with van der Waals surface area (Å²) in [6, 6.07) is 10.3. The molecular formula is C18H17F3O4S. The maximum absolute atomic E-state index is 12.7. The number of carbonyl (C=O) groups excluding carboxylic acids is 1. The topological polar surface area (TPSA) is 60.4 Å². The minimum atomic E-state index is -4.55. The third-order valence-electron chi connectivity index (χ3n) is 3.51. The minimum Gasteiger partial charge on any atom is -0.382 e. The highest BCUT2D eigenvalue weighted by Crippen LogP contribution is 2.30. The van der Waals surface area contributed by atoms with Crippen molar-refractivity contribution in [3.63, 3.8) is 0 Å². The largest absolute Gasteiger partial charge is 0.416 e. The van der Waals surface area contributed by atoms with Gasteiger partial charge in [-0.2, -0.15) is 21.6 Å². The van der Waals surface area contributed by atoms with Gasteiger partial charge in [0.1, 0.15) is 17.3 Å². The molecule has 0 bridgehead atoms. The first kappa shape index (κ1) is 20.0. The summed E-state index contributed by atoms with van der Waals surface area (Å²) in [6.45, 7) is 1.48. The van der Waals surface area contributed by atoms with Gasteiger partial charge in [0.05, 0.1) is 5.56 Å². The van der Waals surface area contributed by atoms with E-state index < -0.39 is 27.6 Å². The summed E-state index contributed by atoms with van der Waals surface area (Å²) in [5, 5.41) is 0. The van der Waals surface area contributed by atoms with Gasteiger partial charge in [0.25, 0.3) is 0 Å². The maximum Gasteiger partial charge on any atom is 0.416 e. The van der Waals surface area contributed by atoms with E-state index in [0.29, 0.717) is 12.8 Å². The quantitative estimate of drug-likeness (QED) is 0.671. The van der Waals surface area contributed by atoms with Gasteiger partial charge < -0.3 is 8.98 Å². The number of ketones is 1. The number of hydrogen-bond donors (Lipinski definition) is 0. The molecule has 0 heterocycles. The zero-order chi connectivity index (χ0) is 19.4. The van der Waals surface area contributed by atoms with Gasteiger partial charge in [-0.05, 0) is 42.7 Å². The molecule has 2 aromatic rings. The molecule has 0 saturated heterocycles. The molecule has 0 aromatic heterocycles. The second-order valence-corrected chi connectivity index (χ2v) is 7.40. The van der Waals surface area contributed by atoms with Gasteiger partial charge in [-0.15, -0.1) is 0 Å². The number of halogens is 3. The smallest absolute Gasteiger partial charge is 0.382 e. The van der Waals surface area contributed by atoms with E-state index in [1.165, 1.54) is 25.1 Å². The summed E-state index contributed by atoms with van der Waals surface area (Å²) in [7, 11) is -4.11. The average Bonchev–Trinajstić information content (AvgIpc) is 2.53. The molecule has 0 saturated carbocycles. The molecule has 0 amide bonds. The summed E-state index contributed by atoms with van der Waals surface area (Å²) < 4.78 is 67.2. The number of aryl methyl sites for hydroxylation is 1. The Labute approximate surface area is 149 Å². The zero-order valence-corrected chi connectivity index (χ0v) is 14.7. The molecule has 0 N–H and O–H groups in total. The molecule has 0 aliphatic carbocycles. The summed E-state index contributed by atoms with van der Waals surface area (Å²) in [5.41, 5.74) is -0.0826. The van der Waals surface area contributed by atoms with Crippen LogP contribution in [0.3, 0.4) is 0 Å². The molecule has 26 heavy (non-hydrogen) atoms. The fraction of sp³-hybridized carbons (Fsp3) is 0.278. The van der Waals surface area contributed by atoms with Crippen molar-refractivity contribution in [1.82, 2.24) is 0 Å². The van der Waals surface area contributed by atoms with Crippen LogP contribution >= 0.6 is 0 Å². The molecule has 0 fully saturated rings. The predicted molar refractivity (Wildman–Crippen MR) is 90.1 cm³/mol. The molecule has 0 aliphatic rings. The molecular weight excluding hydrogens is 369 g/mol. The Hall–Kier alpha value is -2.35. The minimum absolute atomic E-state index is 0.0158. The lowest BCUT2D eigenvalue weighted by molar-refractivity contribution is -0.137. The first-order valence-corrected chi connectivity index (χ1v) is 9.29. The Balaban J connectivity index is 2.06. The highest BCUT2D eigenvalue weighted by Gasteiger charge is 2.30. The lowest BCUT2D eigenvalue weighted by Crippen LogP contribution is -2.13. The van der Waals surface area contributed by atoms with Crippen molar-refractivity contribution >= 4 is 15.9 Å². The summed E-state index contributed by atoms with van der Waals surface area (Å²) >= 11 is 0. The molecule has 8 heteroatoms. The van der Waals surface area contributed by atoms with Gasteiger partial charge in [0, 0.05) is 6.42 Å². The molecule has 0 radical (unpaired) electrons. The van der Waals surface area contributed by atoms with Crippen LogP contribution < -0.4 is 4.18 Å². The molecule has 2 aromatic carbocycles. The Morgan fingerprint density at radius 3 is 2.27 bits per heavy atom. The van der Waals surface area contributed by atoms with Gasteiger partial charge in [-0.25, -0.2) is 0 Å². The zero-order valence-electron chi connectivity index (χ0n) is 13.9. The number of carbonyl (C=O) groups is 1. The van der Waals surface area contributed by atoms with Crippen molar-refractivity contribution in [2.24, 2.45) is 0 Å². The Bertz CT molecular complexity index is 872. The Morgan fingerprint density at radius 1 is 1.04 bits per heavy atom. The lowest BCUT2D eigenvalue weighted by atomic mass is 10.1. The average molecular weight is 386 g/mol. The maximum atomic E-state index is 12.7. The van der Waals surface area contributed by atoms with Crippen molar-refractivity contribution in [2.45, 2.75) is 31.7 Å². The van der Waals surface area contributed by atoms with E-state index in [-0.39, 0.29) is 17.1 Å². The number of hydrogen-bond acceptors (Lipinski definition) is 4. The fourth-order valence-electron chi connectivity index (χ4n) is 2.25. The van der Waals surface area contributed by atoms with E-state index in [1.54, 1.807) is 12.1 Å². The molecule has 0 atom stereocenters. The highest BCUT2D eigenvalue weighted by molar-refractivity contribution is 7.86. The summed E-state index contributed by atoms with van der Waals surface area (Å²) in [5.74, 6) is -0.569. The van der Waals surface area contributed by atoms with Crippen molar-refractivity contribution in [3.8, 4) is 5.75 Å². The molecule has 0 spiro atoms. The summed E-state index contributed by atoms with van der Waals surface area (Å²) in [4.78, 5) is 11.0. The summed E-state index contributed by atoms with van der Waals surface area (Å²) in [6.07, 6.45) is -3.63. The van der Waals surface area contributed by atoms with Gasteiger partial charge in [-0.3, -0.25) is 0 Å². The van der Waals surface area contributed by atoms with Crippen LogP contribution in [0.2, 0.25) is 0 Å². The van der Waals surface area contributed by atoms with E-state index in [9.17, 15) is 26.4 Å². The molecule has 140 valence electrons. The van der Waals surface area contributed by atoms with Crippen molar-refractivity contribution in [3.05, 3.63) is 65.2 Å². The molecule has 2 rings (SSSR count). The van der Waals surface area contributed by atoms with E-state index in [2.05, 4.69) is 0 Å². The normalized spacial score (nSPS) is 12.0. The molecule has 0 aliphatic heterocycles.